The molecule has 2 unspecified atom stereocenters. The minimum atomic E-state index is -0.0142. The summed E-state index contributed by atoms with van der Waals surface area (Å²) in [5, 5.41) is 5.01. The van der Waals surface area contributed by atoms with Gasteiger partial charge in [0.05, 0.1) is 36.1 Å². The van der Waals surface area contributed by atoms with Crippen LogP contribution in [0.4, 0.5) is 0 Å². The molecule has 0 aromatic carbocycles. The van der Waals surface area contributed by atoms with Crippen LogP contribution in [-0.2, 0) is 11.3 Å². The zero-order valence-electron chi connectivity index (χ0n) is 11.5. The number of nitrogens with zero attached hydrogens (tertiary/aromatic N) is 3. The molecule has 7 heteroatoms. The van der Waals surface area contributed by atoms with Crippen molar-refractivity contribution in [3.63, 3.8) is 0 Å². The van der Waals surface area contributed by atoms with Crippen LogP contribution in [0.5, 0.6) is 0 Å². The van der Waals surface area contributed by atoms with E-state index in [2.05, 4.69) is 15.4 Å². The van der Waals surface area contributed by atoms with Crippen molar-refractivity contribution in [1.82, 2.24) is 20.1 Å². The first-order valence-electron chi connectivity index (χ1n) is 6.53. The highest BCUT2D eigenvalue weighted by Crippen LogP contribution is 2.32. The third-order valence-corrected chi connectivity index (χ3v) is 3.79. The van der Waals surface area contributed by atoms with Crippen molar-refractivity contribution in [3.8, 4) is 0 Å². The number of hydrogen-bond donors (Lipinski definition) is 2. The molecule has 2 heterocycles. The Labute approximate surface area is 118 Å². The molecule has 0 radical (unpaired) electrons. The monoisotopic (exact) mass is 287 g/mol. The molecule has 1 saturated heterocycles. The van der Waals surface area contributed by atoms with E-state index in [0.717, 1.165) is 31.8 Å². The molecule has 1 aromatic heterocycles. The van der Waals surface area contributed by atoms with Gasteiger partial charge in [0.2, 0.25) is 0 Å². The van der Waals surface area contributed by atoms with Gasteiger partial charge in [-0.05, 0) is 20.5 Å². The van der Waals surface area contributed by atoms with Crippen LogP contribution in [-0.4, -0.2) is 48.5 Å². The molecule has 0 bridgehead atoms. The first-order valence-corrected chi connectivity index (χ1v) is 6.91. The summed E-state index contributed by atoms with van der Waals surface area (Å²) < 4.78 is 7.38. The van der Waals surface area contributed by atoms with Crippen LogP contribution in [0.25, 0.3) is 0 Å². The van der Waals surface area contributed by atoms with Crippen LogP contribution in [0.2, 0.25) is 5.02 Å². The number of ether oxygens (including phenoxy) is 1. The molecule has 1 aromatic rings. The van der Waals surface area contributed by atoms with E-state index in [-0.39, 0.29) is 6.04 Å². The SMILES string of the molecule is CN(C)CCn1ncc(Cl)c1C(NN)C1CCOC1. The Morgan fingerprint density at radius 3 is 3.05 bits per heavy atom. The number of nitrogens with one attached hydrogen (secondary N) is 1. The van der Waals surface area contributed by atoms with Crippen molar-refractivity contribution in [3.05, 3.63) is 16.9 Å². The fraction of sp³-hybridized carbons (Fsp3) is 0.750. The molecule has 1 aliphatic rings. The van der Waals surface area contributed by atoms with Crippen molar-refractivity contribution >= 4 is 11.6 Å². The van der Waals surface area contributed by atoms with Gasteiger partial charge >= 0.3 is 0 Å². The van der Waals surface area contributed by atoms with Crippen molar-refractivity contribution in [1.29, 1.82) is 0 Å². The summed E-state index contributed by atoms with van der Waals surface area (Å²) in [6.45, 7) is 3.20. The number of halogens is 1. The zero-order valence-corrected chi connectivity index (χ0v) is 12.2. The maximum Gasteiger partial charge on any atom is 0.0834 e. The number of hydrogen-bond acceptors (Lipinski definition) is 5. The van der Waals surface area contributed by atoms with E-state index in [1.54, 1.807) is 6.20 Å². The van der Waals surface area contributed by atoms with Crippen molar-refractivity contribution < 1.29 is 4.74 Å². The predicted octanol–water partition coefficient (Wildman–Crippen LogP) is 0.639. The highest BCUT2D eigenvalue weighted by atomic mass is 35.5. The Bertz CT molecular complexity index is 403. The topological polar surface area (TPSA) is 68.3 Å². The summed E-state index contributed by atoms with van der Waals surface area (Å²) in [5.41, 5.74) is 3.84. The smallest absolute Gasteiger partial charge is 0.0834 e. The Morgan fingerprint density at radius 1 is 1.68 bits per heavy atom. The van der Waals surface area contributed by atoms with E-state index in [0.29, 0.717) is 17.5 Å². The quantitative estimate of drug-likeness (QED) is 0.594. The summed E-state index contributed by atoms with van der Waals surface area (Å²) >= 11 is 6.28. The standard InChI is InChI=1S/C12H22ClN5O/c1-17(2)4-5-18-12(10(13)7-15-18)11(16-14)9-3-6-19-8-9/h7,9,11,16H,3-6,8,14H2,1-2H3. The van der Waals surface area contributed by atoms with Gasteiger partial charge in [0.15, 0.2) is 0 Å². The normalized spacial score (nSPS) is 21.2. The molecular weight excluding hydrogens is 266 g/mol. The molecule has 2 atom stereocenters. The first kappa shape index (κ1) is 14.7. The van der Waals surface area contributed by atoms with E-state index < -0.39 is 0 Å². The highest BCUT2D eigenvalue weighted by molar-refractivity contribution is 6.31. The van der Waals surface area contributed by atoms with Crippen LogP contribution in [0.3, 0.4) is 0 Å². The minimum Gasteiger partial charge on any atom is -0.381 e. The number of nitrogens with two attached hydrogens (primary N) is 1. The zero-order chi connectivity index (χ0) is 13.8. The number of aromatic nitrogens is 2. The Morgan fingerprint density at radius 2 is 2.47 bits per heavy atom. The van der Waals surface area contributed by atoms with E-state index in [9.17, 15) is 0 Å². The highest BCUT2D eigenvalue weighted by Gasteiger charge is 2.30. The minimum absolute atomic E-state index is 0.0142. The van der Waals surface area contributed by atoms with E-state index in [4.69, 9.17) is 22.2 Å². The van der Waals surface area contributed by atoms with Gasteiger partial charge in [-0.25, -0.2) is 0 Å². The van der Waals surface area contributed by atoms with Gasteiger partial charge in [0.1, 0.15) is 0 Å². The Hall–Kier alpha value is -0.660. The van der Waals surface area contributed by atoms with E-state index in [1.807, 2.05) is 18.8 Å². The average molecular weight is 288 g/mol. The van der Waals surface area contributed by atoms with Gasteiger partial charge in [-0.1, -0.05) is 11.6 Å². The molecular formula is C12H22ClN5O. The number of rotatable bonds is 6. The maximum absolute atomic E-state index is 6.28. The number of hydrazine groups is 1. The summed E-state index contributed by atoms with van der Waals surface area (Å²) in [5.74, 6) is 6.07. The lowest BCUT2D eigenvalue weighted by Crippen LogP contribution is -2.36. The fourth-order valence-corrected chi connectivity index (χ4v) is 2.67. The third kappa shape index (κ3) is 3.46. The summed E-state index contributed by atoms with van der Waals surface area (Å²) in [6.07, 6.45) is 2.68. The summed E-state index contributed by atoms with van der Waals surface area (Å²) in [4.78, 5) is 2.11. The second kappa shape index (κ2) is 6.67. The predicted molar refractivity (Wildman–Crippen MR) is 74.8 cm³/mol. The van der Waals surface area contributed by atoms with Crippen LogP contribution in [0.1, 0.15) is 18.2 Å². The third-order valence-electron chi connectivity index (χ3n) is 3.50. The summed E-state index contributed by atoms with van der Waals surface area (Å²) in [7, 11) is 4.07. The molecule has 3 N–H and O–H groups in total. The molecule has 0 spiro atoms. The lowest BCUT2D eigenvalue weighted by Gasteiger charge is -2.23. The first-order chi connectivity index (χ1) is 9.13. The van der Waals surface area contributed by atoms with Crippen LogP contribution >= 0.6 is 11.6 Å². The van der Waals surface area contributed by atoms with Gasteiger partial charge in [-0.3, -0.25) is 16.0 Å². The number of likely N-dealkylation sites (N-methyl/N-ethyl adjacent to an activating group) is 1. The second-order valence-corrected chi connectivity index (χ2v) is 5.58. The van der Waals surface area contributed by atoms with Crippen molar-refractivity contribution in [2.75, 3.05) is 33.9 Å². The van der Waals surface area contributed by atoms with E-state index >= 15 is 0 Å². The Kier molecular flexibility index (Phi) is 5.18. The van der Waals surface area contributed by atoms with E-state index in [1.165, 1.54) is 0 Å². The molecule has 2 rings (SSSR count). The van der Waals surface area contributed by atoms with Crippen molar-refractivity contribution in [2.45, 2.75) is 19.0 Å². The second-order valence-electron chi connectivity index (χ2n) is 5.17. The molecule has 0 saturated carbocycles. The van der Waals surface area contributed by atoms with Gasteiger partial charge in [-0.2, -0.15) is 5.10 Å². The van der Waals surface area contributed by atoms with Crippen LogP contribution in [0, 0.1) is 5.92 Å². The maximum atomic E-state index is 6.28. The van der Waals surface area contributed by atoms with Gasteiger partial charge in [-0.15, -0.1) is 0 Å². The van der Waals surface area contributed by atoms with Gasteiger partial charge in [0.25, 0.3) is 0 Å². The molecule has 0 amide bonds. The molecule has 0 aliphatic carbocycles. The van der Waals surface area contributed by atoms with Gasteiger partial charge < -0.3 is 9.64 Å². The van der Waals surface area contributed by atoms with Crippen LogP contribution < -0.4 is 11.3 Å². The van der Waals surface area contributed by atoms with Gasteiger partial charge in [0, 0.05) is 19.1 Å². The molecule has 1 fully saturated rings. The molecule has 19 heavy (non-hydrogen) atoms. The summed E-state index contributed by atoms with van der Waals surface area (Å²) in [6, 6.07) is -0.0142. The fourth-order valence-electron chi connectivity index (χ4n) is 2.41. The lowest BCUT2D eigenvalue weighted by molar-refractivity contribution is 0.175. The largest absolute Gasteiger partial charge is 0.381 e. The lowest BCUT2D eigenvalue weighted by atomic mass is 9.96. The van der Waals surface area contributed by atoms with Crippen molar-refractivity contribution in [2.24, 2.45) is 11.8 Å². The molecule has 6 nitrogen and oxygen atoms in total. The van der Waals surface area contributed by atoms with Crippen LogP contribution in [0.15, 0.2) is 6.20 Å². The Balaban J connectivity index is 2.18. The molecule has 108 valence electrons. The molecule has 1 aliphatic heterocycles. The average Bonchev–Trinajstić information content (AvgIpc) is 3.00.